The zero-order valence-corrected chi connectivity index (χ0v) is 15.8. The van der Waals surface area contributed by atoms with Crippen LogP contribution in [0.5, 0.6) is 11.5 Å². The van der Waals surface area contributed by atoms with Gasteiger partial charge in [0.15, 0.2) is 6.10 Å². The Morgan fingerprint density at radius 1 is 0.966 bits per heavy atom. The van der Waals surface area contributed by atoms with Crippen LogP contribution >= 0.6 is 0 Å². The SMILES string of the molecule is C[C@H](Oc1ccc(OCc2ccccc2)cc1)C(=O)Nc1ccccc1[N+](=O)[O-]. The molecule has 0 aliphatic heterocycles. The molecule has 0 fully saturated rings. The van der Waals surface area contributed by atoms with Gasteiger partial charge in [0.2, 0.25) is 0 Å². The molecule has 1 N–H and O–H groups in total. The normalized spacial score (nSPS) is 11.3. The highest BCUT2D eigenvalue weighted by Gasteiger charge is 2.19. The third-order valence-corrected chi connectivity index (χ3v) is 4.11. The summed E-state index contributed by atoms with van der Waals surface area (Å²) in [4.78, 5) is 22.8. The third-order valence-electron chi connectivity index (χ3n) is 4.11. The number of nitro benzene ring substituents is 1. The topological polar surface area (TPSA) is 90.7 Å². The van der Waals surface area contributed by atoms with Gasteiger partial charge in [-0.3, -0.25) is 14.9 Å². The molecule has 0 aromatic heterocycles. The number of nitrogens with one attached hydrogen (secondary N) is 1. The summed E-state index contributed by atoms with van der Waals surface area (Å²) < 4.78 is 11.3. The predicted molar refractivity (Wildman–Crippen MR) is 109 cm³/mol. The van der Waals surface area contributed by atoms with Crippen LogP contribution in [0.2, 0.25) is 0 Å². The lowest BCUT2D eigenvalue weighted by molar-refractivity contribution is -0.383. The van der Waals surface area contributed by atoms with Gasteiger partial charge >= 0.3 is 0 Å². The van der Waals surface area contributed by atoms with Gasteiger partial charge in [-0.05, 0) is 42.8 Å². The summed E-state index contributed by atoms with van der Waals surface area (Å²) in [5.41, 5.74) is 1.02. The summed E-state index contributed by atoms with van der Waals surface area (Å²) in [6.07, 6.45) is -0.842. The third kappa shape index (κ3) is 5.55. The van der Waals surface area contributed by atoms with Crippen LogP contribution in [0.4, 0.5) is 11.4 Å². The molecule has 0 aliphatic rings. The number of hydrogen-bond acceptors (Lipinski definition) is 5. The van der Waals surface area contributed by atoms with Crippen molar-refractivity contribution in [2.24, 2.45) is 0 Å². The van der Waals surface area contributed by atoms with Crippen molar-refractivity contribution < 1.29 is 19.2 Å². The first-order chi connectivity index (χ1) is 14.0. The Morgan fingerprint density at radius 2 is 1.59 bits per heavy atom. The van der Waals surface area contributed by atoms with Gasteiger partial charge in [-0.1, -0.05) is 42.5 Å². The number of nitro groups is 1. The molecule has 0 spiro atoms. The predicted octanol–water partition coefficient (Wildman–Crippen LogP) is 4.58. The quantitative estimate of drug-likeness (QED) is 0.448. The van der Waals surface area contributed by atoms with E-state index >= 15 is 0 Å². The Bertz CT molecular complexity index is 974. The largest absolute Gasteiger partial charge is 0.489 e. The van der Waals surface area contributed by atoms with Crippen LogP contribution < -0.4 is 14.8 Å². The average molecular weight is 392 g/mol. The van der Waals surface area contributed by atoms with Crippen molar-refractivity contribution in [1.29, 1.82) is 0 Å². The molecule has 0 unspecified atom stereocenters. The Labute approximate surface area is 168 Å². The molecule has 1 atom stereocenters. The smallest absolute Gasteiger partial charge is 0.292 e. The lowest BCUT2D eigenvalue weighted by Crippen LogP contribution is -2.30. The van der Waals surface area contributed by atoms with E-state index in [1.165, 1.54) is 18.2 Å². The summed E-state index contributed by atoms with van der Waals surface area (Å²) in [5.74, 6) is 0.684. The van der Waals surface area contributed by atoms with E-state index in [1.807, 2.05) is 30.3 Å². The highest BCUT2D eigenvalue weighted by Crippen LogP contribution is 2.24. The van der Waals surface area contributed by atoms with E-state index in [1.54, 1.807) is 37.3 Å². The van der Waals surface area contributed by atoms with E-state index in [0.717, 1.165) is 5.56 Å². The van der Waals surface area contributed by atoms with Crippen LogP contribution in [0.1, 0.15) is 12.5 Å². The Balaban J connectivity index is 1.55. The molecular weight excluding hydrogens is 372 g/mol. The molecule has 0 saturated heterocycles. The number of nitrogens with zero attached hydrogens (tertiary/aromatic N) is 1. The first kappa shape index (κ1) is 19.9. The summed E-state index contributed by atoms with van der Waals surface area (Å²) >= 11 is 0. The Hall–Kier alpha value is -3.87. The number of ether oxygens (including phenoxy) is 2. The fraction of sp³-hybridized carbons (Fsp3) is 0.136. The molecule has 0 bridgehead atoms. The van der Waals surface area contributed by atoms with Crippen molar-refractivity contribution >= 4 is 17.3 Å². The summed E-state index contributed by atoms with van der Waals surface area (Å²) in [6, 6.07) is 22.7. The zero-order valence-electron chi connectivity index (χ0n) is 15.8. The van der Waals surface area contributed by atoms with Gasteiger partial charge in [0.25, 0.3) is 11.6 Å². The molecule has 0 heterocycles. The molecule has 3 aromatic rings. The van der Waals surface area contributed by atoms with Crippen LogP contribution in [0.25, 0.3) is 0 Å². The van der Waals surface area contributed by atoms with E-state index < -0.39 is 16.9 Å². The second-order valence-corrected chi connectivity index (χ2v) is 6.27. The zero-order chi connectivity index (χ0) is 20.6. The average Bonchev–Trinajstić information content (AvgIpc) is 2.74. The molecule has 3 aromatic carbocycles. The number of rotatable bonds is 8. The second-order valence-electron chi connectivity index (χ2n) is 6.27. The molecule has 1 amide bonds. The molecule has 3 rings (SSSR count). The fourth-order valence-corrected chi connectivity index (χ4v) is 2.59. The lowest BCUT2D eigenvalue weighted by atomic mass is 10.2. The first-order valence-electron chi connectivity index (χ1n) is 9.00. The maximum atomic E-state index is 12.3. The van der Waals surface area contributed by atoms with Gasteiger partial charge in [-0.2, -0.15) is 0 Å². The van der Waals surface area contributed by atoms with E-state index in [9.17, 15) is 14.9 Å². The number of benzene rings is 3. The second kappa shape index (κ2) is 9.36. The van der Waals surface area contributed by atoms with E-state index in [-0.39, 0.29) is 11.4 Å². The number of carbonyl (C=O) groups is 1. The van der Waals surface area contributed by atoms with Gasteiger partial charge in [0, 0.05) is 6.07 Å². The molecular formula is C22H20N2O5. The van der Waals surface area contributed by atoms with Crippen molar-refractivity contribution in [2.45, 2.75) is 19.6 Å². The molecule has 7 nitrogen and oxygen atoms in total. The van der Waals surface area contributed by atoms with Crippen molar-refractivity contribution in [3.05, 3.63) is 94.5 Å². The minimum atomic E-state index is -0.842. The summed E-state index contributed by atoms with van der Waals surface area (Å²) in [5, 5.41) is 13.6. The summed E-state index contributed by atoms with van der Waals surface area (Å²) in [7, 11) is 0. The monoisotopic (exact) mass is 392 g/mol. The van der Waals surface area contributed by atoms with Gasteiger partial charge in [-0.15, -0.1) is 0 Å². The van der Waals surface area contributed by atoms with Crippen LogP contribution in [0.15, 0.2) is 78.9 Å². The van der Waals surface area contributed by atoms with Crippen LogP contribution in [-0.4, -0.2) is 16.9 Å². The fourth-order valence-electron chi connectivity index (χ4n) is 2.59. The van der Waals surface area contributed by atoms with Crippen molar-refractivity contribution in [3.8, 4) is 11.5 Å². The van der Waals surface area contributed by atoms with Gasteiger partial charge in [-0.25, -0.2) is 0 Å². The van der Waals surface area contributed by atoms with Crippen LogP contribution in [0.3, 0.4) is 0 Å². The van der Waals surface area contributed by atoms with Crippen molar-refractivity contribution in [3.63, 3.8) is 0 Å². The number of anilines is 1. The van der Waals surface area contributed by atoms with E-state index in [4.69, 9.17) is 9.47 Å². The molecule has 29 heavy (non-hydrogen) atoms. The van der Waals surface area contributed by atoms with Gasteiger partial charge < -0.3 is 14.8 Å². The van der Waals surface area contributed by atoms with Gasteiger partial charge in [0.05, 0.1) is 4.92 Å². The van der Waals surface area contributed by atoms with E-state index in [2.05, 4.69) is 5.32 Å². The minimum Gasteiger partial charge on any atom is -0.489 e. The standard InChI is InChI=1S/C22H20N2O5/c1-16(22(25)23-20-9-5-6-10-21(20)24(26)27)29-19-13-11-18(12-14-19)28-15-17-7-3-2-4-8-17/h2-14,16H,15H2,1H3,(H,23,25)/t16-/m0/s1. The molecule has 0 radical (unpaired) electrons. The van der Waals surface area contributed by atoms with E-state index in [0.29, 0.717) is 18.1 Å². The lowest BCUT2D eigenvalue weighted by Gasteiger charge is -2.15. The number of amides is 1. The number of hydrogen-bond donors (Lipinski definition) is 1. The van der Waals surface area contributed by atoms with Crippen molar-refractivity contribution in [2.75, 3.05) is 5.32 Å². The molecule has 0 aliphatic carbocycles. The highest BCUT2D eigenvalue weighted by molar-refractivity contribution is 5.96. The first-order valence-corrected chi connectivity index (χ1v) is 9.00. The number of para-hydroxylation sites is 2. The highest BCUT2D eigenvalue weighted by atomic mass is 16.6. The maximum Gasteiger partial charge on any atom is 0.292 e. The van der Waals surface area contributed by atoms with Crippen LogP contribution in [-0.2, 0) is 11.4 Å². The van der Waals surface area contributed by atoms with Crippen LogP contribution in [0, 0.1) is 10.1 Å². The van der Waals surface area contributed by atoms with Gasteiger partial charge in [0.1, 0.15) is 23.8 Å². The molecule has 148 valence electrons. The Kier molecular flexibility index (Phi) is 6.42. The summed E-state index contributed by atoms with van der Waals surface area (Å²) in [6.45, 7) is 2.03. The van der Waals surface area contributed by atoms with Crippen molar-refractivity contribution in [1.82, 2.24) is 0 Å². The molecule has 7 heteroatoms. The minimum absolute atomic E-state index is 0.127. The maximum absolute atomic E-state index is 12.3. The molecule has 0 saturated carbocycles. The number of carbonyl (C=O) groups excluding carboxylic acids is 1. The Morgan fingerprint density at radius 3 is 2.28 bits per heavy atom.